The first-order valence-electron chi connectivity index (χ1n) is 0.558. The first kappa shape index (κ1) is 9.85. The van der Waals surface area contributed by atoms with Crippen LogP contribution in [0.2, 0.25) is 0 Å². The van der Waals surface area contributed by atoms with E-state index in [1.807, 2.05) is 0 Å². The predicted molar refractivity (Wildman–Crippen MR) is 18.1 cm³/mol. The van der Waals surface area contributed by atoms with E-state index in [1.54, 1.807) is 0 Å². The molecule has 0 unspecified atom stereocenters. The summed E-state index contributed by atoms with van der Waals surface area (Å²) in [5.41, 5.74) is 0. The molecule has 0 aliphatic rings. The fraction of sp³-hybridized carbons (Fsp3) is 0.333. The Kier molecular flexibility index (Phi) is 62.6. The van der Waals surface area contributed by atoms with Crippen molar-refractivity contribution < 1.29 is 4.79 Å². The Morgan fingerprint density at radius 3 is 1.75 bits per heavy atom. The van der Waals surface area contributed by atoms with Gasteiger partial charge in [-0.3, -0.25) is 0 Å². The highest BCUT2D eigenvalue weighted by molar-refractivity contribution is 5.38. The number of hydrogen-bond acceptors (Lipinski definition) is 1. The molecular formula is C3H6O. The van der Waals surface area contributed by atoms with Gasteiger partial charge in [0.2, 0.25) is 0 Å². The van der Waals surface area contributed by atoms with E-state index >= 15 is 0 Å². The van der Waals surface area contributed by atoms with Crippen molar-refractivity contribution in [3.63, 3.8) is 0 Å². The Bertz CT molecular complexity index is 24.3. The Morgan fingerprint density at radius 2 is 1.75 bits per heavy atom. The zero-order chi connectivity index (χ0) is 2.71. The van der Waals surface area contributed by atoms with E-state index in [0.717, 1.165) is 0 Å². The van der Waals surface area contributed by atoms with Gasteiger partial charge in [-0.25, -0.2) is 4.79 Å². The Balaban J connectivity index is 0. The van der Waals surface area contributed by atoms with Crippen LogP contribution in [0.5, 0.6) is 0 Å². The molecule has 0 aromatic rings. The minimum Gasteiger partial charge on any atom is -0.234 e. The molecule has 0 aromatic carbocycles. The maximum absolute atomic E-state index is 8.57. The van der Waals surface area contributed by atoms with Gasteiger partial charge in [-0.2, -0.15) is 0 Å². The highest BCUT2D eigenvalue weighted by atomic mass is 16.1. The summed E-state index contributed by atoms with van der Waals surface area (Å²) in [5, 5.41) is 0. The van der Waals surface area contributed by atoms with E-state index in [4.69, 9.17) is 4.79 Å². The SMILES string of the molecule is C=C=O.[8CH4]. The van der Waals surface area contributed by atoms with Crippen molar-refractivity contribution in [3.05, 3.63) is 6.58 Å². The summed E-state index contributed by atoms with van der Waals surface area (Å²) in [4.78, 5) is 8.57. The van der Waals surface area contributed by atoms with Crippen LogP contribution >= 0.6 is 0 Å². The van der Waals surface area contributed by atoms with Crippen molar-refractivity contribution in [2.45, 2.75) is 7.43 Å². The maximum Gasteiger partial charge on any atom is 0.116 e. The second-order valence-electron chi connectivity index (χ2n) is 0.144. The summed E-state index contributed by atoms with van der Waals surface area (Å²) >= 11 is 0. The summed E-state index contributed by atoms with van der Waals surface area (Å²) in [6.45, 7) is 2.68. The molecule has 0 fully saturated rings. The van der Waals surface area contributed by atoms with Gasteiger partial charge in [-0.05, 0) is 6.58 Å². The fourth-order valence-corrected chi connectivity index (χ4v) is 0. The highest BCUT2D eigenvalue weighted by Gasteiger charge is 1.01. The van der Waals surface area contributed by atoms with Gasteiger partial charge < -0.3 is 0 Å². The lowest BCUT2D eigenvalue weighted by Gasteiger charge is -1.02. The minimum atomic E-state index is 0. The molecular weight excluding hydrogens is 48.1 g/mol. The summed E-state index contributed by atoms with van der Waals surface area (Å²) in [6.07, 6.45) is 0. The second kappa shape index (κ2) is 25.4. The highest BCUT2D eigenvalue weighted by Crippen LogP contribution is 0.894. The zero-order valence-corrected chi connectivity index (χ0v) is 1.62. The molecule has 0 N–H and O–H groups in total. The molecule has 0 atom stereocenters. The quantitative estimate of drug-likeness (QED) is 0.371. The lowest BCUT2D eigenvalue weighted by Crippen LogP contribution is -1.15. The maximum atomic E-state index is 8.57. The largest absolute Gasteiger partial charge is 0.234 e. The molecule has 0 aliphatic carbocycles. The number of rotatable bonds is 0. The van der Waals surface area contributed by atoms with Crippen LogP contribution in [0, 0.1) is 0 Å². The third-order valence-corrected chi connectivity index (χ3v) is 0. The van der Waals surface area contributed by atoms with E-state index in [1.165, 1.54) is 5.94 Å². The molecule has 0 heterocycles. The van der Waals surface area contributed by atoms with Crippen molar-refractivity contribution in [2.75, 3.05) is 0 Å². The Morgan fingerprint density at radius 1 is 1.75 bits per heavy atom. The van der Waals surface area contributed by atoms with Crippen LogP contribution in [0.4, 0.5) is 0 Å². The molecule has 0 aromatic heterocycles. The smallest absolute Gasteiger partial charge is 0.116 e. The average molecular weight is 54.1 g/mol. The van der Waals surface area contributed by atoms with Crippen LogP contribution < -0.4 is 0 Å². The molecule has 1 heteroatoms. The third-order valence-electron chi connectivity index (χ3n) is 0. The Hall–Kier alpha value is -0.550. The monoisotopic (exact) mass is 54.1 g/mol. The molecule has 0 saturated carbocycles. The normalized spacial score (nSPS) is 2.00. The van der Waals surface area contributed by atoms with E-state index in [0.29, 0.717) is 0 Å². The molecule has 0 amide bonds. The first-order chi connectivity index (χ1) is 1.41. The Labute approximate surface area is 25.9 Å². The molecule has 0 radical (unpaired) electrons. The summed E-state index contributed by atoms with van der Waals surface area (Å²) < 4.78 is 0. The molecule has 0 spiro atoms. The van der Waals surface area contributed by atoms with Crippen molar-refractivity contribution >= 4 is 5.94 Å². The molecule has 0 bridgehead atoms. The van der Waals surface area contributed by atoms with Crippen molar-refractivity contribution in [1.29, 1.82) is 0 Å². The third kappa shape index (κ3) is 0.971. The predicted octanol–water partition coefficient (Wildman–Crippen LogP) is 0.640. The van der Waals surface area contributed by atoms with E-state index in [2.05, 4.69) is 6.58 Å². The van der Waals surface area contributed by atoms with Crippen molar-refractivity contribution in [2.24, 2.45) is 0 Å². The lowest BCUT2D eigenvalue weighted by molar-refractivity contribution is 0.569. The standard InChI is InChI=1S/C2H2O.CH4/c1-2-3;/h1H2;1H4/i;1-4. The van der Waals surface area contributed by atoms with Crippen LogP contribution in [0.1, 0.15) is 7.43 Å². The number of hydrogen-bond donors (Lipinski definition) is 0. The van der Waals surface area contributed by atoms with Gasteiger partial charge in [0.15, 0.2) is 0 Å². The van der Waals surface area contributed by atoms with Crippen molar-refractivity contribution in [3.8, 4) is 0 Å². The summed E-state index contributed by atoms with van der Waals surface area (Å²) in [7, 11) is 0. The van der Waals surface area contributed by atoms with Gasteiger partial charge in [-0.1, -0.05) is 7.43 Å². The number of carbonyl (C=O) groups excluding carboxylic acids is 1. The van der Waals surface area contributed by atoms with Gasteiger partial charge in [-0.15, -0.1) is 0 Å². The van der Waals surface area contributed by atoms with E-state index in [9.17, 15) is 0 Å². The van der Waals surface area contributed by atoms with Crippen LogP contribution in [0.25, 0.3) is 0 Å². The van der Waals surface area contributed by atoms with Crippen LogP contribution in [0.3, 0.4) is 0 Å². The van der Waals surface area contributed by atoms with Gasteiger partial charge in [0.1, 0.15) is 5.94 Å². The fourth-order valence-electron chi connectivity index (χ4n) is 0. The molecule has 0 rings (SSSR count). The lowest BCUT2D eigenvalue weighted by atomic mass is 8.04. The molecule has 4 heavy (non-hydrogen) atoms. The molecule has 24 valence electrons. The average Bonchev–Trinajstić information content (AvgIpc) is 0.918. The van der Waals surface area contributed by atoms with E-state index in [-0.39, 0.29) is 7.43 Å². The molecule has 1 nitrogen and oxygen atoms in total. The summed E-state index contributed by atoms with van der Waals surface area (Å²) in [6, 6.07) is 0. The molecule has 0 aliphatic heterocycles. The topological polar surface area (TPSA) is 17.1 Å². The van der Waals surface area contributed by atoms with Crippen LogP contribution in [0.15, 0.2) is 6.58 Å². The van der Waals surface area contributed by atoms with Gasteiger partial charge in [0, 0.05) is 0 Å². The van der Waals surface area contributed by atoms with E-state index < -0.39 is 0 Å². The van der Waals surface area contributed by atoms with Gasteiger partial charge in [0.05, 0.1) is 0 Å². The van der Waals surface area contributed by atoms with Gasteiger partial charge in [0.25, 0.3) is 0 Å². The first-order valence-corrected chi connectivity index (χ1v) is 0.558. The minimum absolute atomic E-state index is 0. The summed E-state index contributed by atoms with van der Waals surface area (Å²) in [5.74, 6) is 1.25. The van der Waals surface area contributed by atoms with Gasteiger partial charge >= 0.3 is 0 Å². The zero-order valence-electron chi connectivity index (χ0n) is 1.62. The second-order valence-corrected chi connectivity index (χ2v) is 0.144. The van der Waals surface area contributed by atoms with Crippen LogP contribution in [-0.2, 0) is 4.79 Å². The molecule has 0 saturated heterocycles. The van der Waals surface area contributed by atoms with Crippen molar-refractivity contribution in [1.82, 2.24) is 0 Å². The van der Waals surface area contributed by atoms with Crippen LogP contribution in [-0.4, -0.2) is 5.94 Å².